The van der Waals surface area contributed by atoms with Gasteiger partial charge in [-0.3, -0.25) is 4.79 Å². The molecule has 0 aromatic heterocycles. The van der Waals surface area contributed by atoms with E-state index in [4.69, 9.17) is 9.47 Å². The molecule has 0 bridgehead atoms. The summed E-state index contributed by atoms with van der Waals surface area (Å²) in [5.74, 6) is 0.925. The van der Waals surface area contributed by atoms with E-state index < -0.39 is 6.10 Å². The Morgan fingerprint density at radius 3 is 2.78 bits per heavy atom. The number of para-hydroxylation sites is 1. The summed E-state index contributed by atoms with van der Waals surface area (Å²) >= 11 is 0. The number of hydrogen-bond acceptors (Lipinski definition) is 4. The molecule has 0 radical (unpaired) electrons. The first-order valence-electron chi connectivity index (χ1n) is 8.43. The predicted molar refractivity (Wildman–Crippen MR) is 88.7 cm³/mol. The largest absolute Gasteiger partial charge is 0.480 e. The first-order chi connectivity index (χ1) is 11.1. The van der Waals surface area contributed by atoms with Crippen molar-refractivity contribution in [1.29, 1.82) is 0 Å². The Balaban J connectivity index is 1.64. The summed E-state index contributed by atoms with van der Waals surface area (Å²) in [6.45, 7) is 3.04. The monoisotopic (exact) mass is 318 g/mol. The zero-order valence-electron chi connectivity index (χ0n) is 14.0. The zero-order valence-corrected chi connectivity index (χ0v) is 14.0. The van der Waals surface area contributed by atoms with E-state index in [0.29, 0.717) is 19.5 Å². The highest BCUT2D eigenvalue weighted by molar-refractivity contribution is 5.82. The van der Waals surface area contributed by atoms with Crippen molar-refractivity contribution < 1.29 is 14.3 Å². The van der Waals surface area contributed by atoms with Gasteiger partial charge in [-0.15, -0.1) is 0 Å². The number of ether oxygens (including phenoxy) is 2. The van der Waals surface area contributed by atoms with Gasteiger partial charge in [0.05, 0.1) is 6.10 Å². The van der Waals surface area contributed by atoms with Crippen molar-refractivity contribution >= 4 is 5.91 Å². The Morgan fingerprint density at radius 2 is 2.09 bits per heavy atom. The number of fused-ring (bicyclic) bond motifs is 1. The normalized spacial score (nSPS) is 22.9. The minimum atomic E-state index is -0.393. The van der Waals surface area contributed by atoms with E-state index in [9.17, 15) is 4.79 Å². The highest BCUT2D eigenvalue weighted by atomic mass is 16.5. The number of amides is 1. The summed E-state index contributed by atoms with van der Waals surface area (Å²) < 4.78 is 11.6. The molecule has 2 aliphatic rings. The molecular formula is C18H26N2O3. The van der Waals surface area contributed by atoms with Gasteiger partial charge in [0.2, 0.25) is 0 Å². The second-order valence-corrected chi connectivity index (χ2v) is 6.64. The van der Waals surface area contributed by atoms with Gasteiger partial charge < -0.3 is 19.3 Å². The van der Waals surface area contributed by atoms with Gasteiger partial charge >= 0.3 is 0 Å². The van der Waals surface area contributed by atoms with Gasteiger partial charge in [0.15, 0.2) is 6.10 Å². The Bertz CT molecular complexity index is 516. The van der Waals surface area contributed by atoms with Crippen LogP contribution in [0, 0.1) is 0 Å². The van der Waals surface area contributed by atoms with Crippen LogP contribution < -0.4 is 4.74 Å². The summed E-state index contributed by atoms with van der Waals surface area (Å²) in [4.78, 5) is 17.0. The number of likely N-dealkylation sites (N-methyl/N-ethyl adjacent to an activating group) is 1. The average Bonchev–Trinajstić information content (AvgIpc) is 3.19. The molecule has 0 unspecified atom stereocenters. The number of carbonyl (C=O) groups is 1. The highest BCUT2D eigenvalue weighted by Gasteiger charge is 2.33. The van der Waals surface area contributed by atoms with Crippen LogP contribution in [0.3, 0.4) is 0 Å². The van der Waals surface area contributed by atoms with Crippen molar-refractivity contribution in [2.24, 2.45) is 0 Å². The highest BCUT2D eigenvalue weighted by Crippen LogP contribution is 2.29. The van der Waals surface area contributed by atoms with Crippen LogP contribution in [-0.2, 0) is 16.0 Å². The molecule has 2 heterocycles. The van der Waals surface area contributed by atoms with E-state index >= 15 is 0 Å². The van der Waals surface area contributed by atoms with E-state index in [2.05, 4.69) is 4.90 Å². The quantitative estimate of drug-likeness (QED) is 0.798. The van der Waals surface area contributed by atoms with Crippen molar-refractivity contribution in [1.82, 2.24) is 9.80 Å². The van der Waals surface area contributed by atoms with E-state index in [-0.39, 0.29) is 12.0 Å². The summed E-state index contributed by atoms with van der Waals surface area (Å²) in [6, 6.07) is 7.91. The van der Waals surface area contributed by atoms with Gasteiger partial charge in [0.1, 0.15) is 5.75 Å². The summed E-state index contributed by atoms with van der Waals surface area (Å²) in [6.07, 6.45) is 2.57. The molecule has 23 heavy (non-hydrogen) atoms. The standard InChI is InChI=1S/C18H26N2O3/c1-19(2)9-10-20(13-15-7-5-11-22-15)18(21)17-12-14-6-3-4-8-16(14)23-17/h3-4,6,8,15,17H,5,7,9-13H2,1-2H3/t15-,17+/m1/s1. The van der Waals surface area contributed by atoms with Gasteiger partial charge in [0, 0.05) is 32.7 Å². The lowest BCUT2D eigenvalue weighted by Crippen LogP contribution is -2.47. The Morgan fingerprint density at radius 1 is 1.26 bits per heavy atom. The summed E-state index contributed by atoms with van der Waals surface area (Å²) in [5, 5.41) is 0. The molecule has 0 aliphatic carbocycles. The third kappa shape index (κ3) is 4.03. The van der Waals surface area contributed by atoms with Crippen molar-refractivity contribution in [3.05, 3.63) is 29.8 Å². The molecule has 5 nitrogen and oxygen atoms in total. The SMILES string of the molecule is CN(C)CCN(C[C@H]1CCCO1)C(=O)[C@@H]1Cc2ccccc2O1. The van der Waals surface area contributed by atoms with Crippen molar-refractivity contribution in [3.63, 3.8) is 0 Å². The molecule has 1 saturated heterocycles. The van der Waals surface area contributed by atoms with Crippen LogP contribution in [-0.4, -0.2) is 68.3 Å². The molecule has 3 rings (SSSR count). The molecule has 1 fully saturated rings. The fourth-order valence-corrected chi connectivity index (χ4v) is 3.17. The molecule has 126 valence electrons. The van der Waals surface area contributed by atoms with E-state index in [1.807, 2.05) is 43.3 Å². The Kier molecular flexibility index (Phi) is 5.18. The third-order valence-corrected chi connectivity index (χ3v) is 4.50. The predicted octanol–water partition coefficient (Wildman–Crippen LogP) is 1.56. The smallest absolute Gasteiger partial charge is 0.264 e. The molecule has 5 heteroatoms. The molecule has 1 aromatic rings. The van der Waals surface area contributed by atoms with Crippen LogP contribution in [0.4, 0.5) is 0 Å². The van der Waals surface area contributed by atoms with Crippen molar-refractivity contribution in [2.75, 3.05) is 40.3 Å². The van der Waals surface area contributed by atoms with E-state index in [1.54, 1.807) is 0 Å². The summed E-state index contributed by atoms with van der Waals surface area (Å²) in [5.41, 5.74) is 1.12. The number of nitrogens with zero attached hydrogens (tertiary/aromatic N) is 2. The molecule has 0 saturated carbocycles. The molecule has 2 atom stereocenters. The number of rotatable bonds is 6. The van der Waals surface area contributed by atoms with Crippen LogP contribution in [0.15, 0.2) is 24.3 Å². The molecular weight excluding hydrogens is 292 g/mol. The maximum absolute atomic E-state index is 12.9. The van der Waals surface area contributed by atoms with Crippen LogP contribution in [0.5, 0.6) is 5.75 Å². The lowest BCUT2D eigenvalue weighted by Gasteiger charge is -2.28. The van der Waals surface area contributed by atoms with Crippen LogP contribution >= 0.6 is 0 Å². The second kappa shape index (κ2) is 7.32. The van der Waals surface area contributed by atoms with Crippen LogP contribution in [0.1, 0.15) is 18.4 Å². The molecule has 1 amide bonds. The van der Waals surface area contributed by atoms with Gasteiger partial charge in [-0.05, 0) is 38.6 Å². The Labute approximate surface area is 138 Å². The fourth-order valence-electron chi connectivity index (χ4n) is 3.17. The van der Waals surface area contributed by atoms with Crippen molar-refractivity contribution in [3.8, 4) is 5.75 Å². The topological polar surface area (TPSA) is 42.0 Å². The van der Waals surface area contributed by atoms with Gasteiger partial charge in [0.25, 0.3) is 5.91 Å². The minimum Gasteiger partial charge on any atom is -0.480 e. The summed E-state index contributed by atoms with van der Waals surface area (Å²) in [7, 11) is 4.05. The van der Waals surface area contributed by atoms with Crippen LogP contribution in [0.25, 0.3) is 0 Å². The maximum Gasteiger partial charge on any atom is 0.264 e. The van der Waals surface area contributed by atoms with Gasteiger partial charge in [-0.1, -0.05) is 18.2 Å². The lowest BCUT2D eigenvalue weighted by molar-refractivity contribution is -0.139. The third-order valence-electron chi connectivity index (χ3n) is 4.50. The molecule has 0 N–H and O–H groups in total. The van der Waals surface area contributed by atoms with Gasteiger partial charge in [-0.25, -0.2) is 0 Å². The number of benzene rings is 1. The zero-order chi connectivity index (χ0) is 16.2. The molecule has 2 aliphatic heterocycles. The van der Waals surface area contributed by atoms with E-state index in [0.717, 1.165) is 37.3 Å². The molecule has 0 spiro atoms. The lowest BCUT2D eigenvalue weighted by atomic mass is 10.1. The van der Waals surface area contributed by atoms with Gasteiger partial charge in [-0.2, -0.15) is 0 Å². The first kappa shape index (κ1) is 16.3. The number of carbonyl (C=O) groups excluding carboxylic acids is 1. The second-order valence-electron chi connectivity index (χ2n) is 6.64. The van der Waals surface area contributed by atoms with E-state index in [1.165, 1.54) is 0 Å². The molecule has 1 aromatic carbocycles. The minimum absolute atomic E-state index is 0.0820. The maximum atomic E-state index is 12.9. The fraction of sp³-hybridized carbons (Fsp3) is 0.611. The Hall–Kier alpha value is -1.59. The van der Waals surface area contributed by atoms with Crippen molar-refractivity contribution in [2.45, 2.75) is 31.5 Å². The average molecular weight is 318 g/mol. The number of hydrogen-bond donors (Lipinski definition) is 0. The first-order valence-corrected chi connectivity index (χ1v) is 8.43. The van der Waals surface area contributed by atoms with Crippen LogP contribution in [0.2, 0.25) is 0 Å².